The topological polar surface area (TPSA) is 86.0 Å². The lowest BCUT2D eigenvalue weighted by molar-refractivity contribution is -0.283. The molecule has 4 rings (SSSR count). The molecule has 0 spiro atoms. The van der Waals surface area contributed by atoms with Crippen LogP contribution in [0.25, 0.3) is 0 Å². The Labute approximate surface area is 178 Å². The summed E-state index contributed by atoms with van der Waals surface area (Å²) in [6.07, 6.45) is 4.53. The van der Waals surface area contributed by atoms with Crippen molar-refractivity contribution in [3.8, 4) is 0 Å². The van der Waals surface area contributed by atoms with Crippen LogP contribution in [0.5, 0.6) is 0 Å². The fraction of sp³-hybridized carbons (Fsp3) is 0.750. The summed E-state index contributed by atoms with van der Waals surface area (Å²) in [7, 11) is 1.42. The van der Waals surface area contributed by atoms with E-state index in [1.54, 1.807) is 6.26 Å². The van der Waals surface area contributed by atoms with Gasteiger partial charge in [-0.25, -0.2) is 0 Å². The summed E-state index contributed by atoms with van der Waals surface area (Å²) in [5, 5.41) is 12.2. The van der Waals surface area contributed by atoms with Gasteiger partial charge in [0.25, 0.3) is 0 Å². The molecule has 0 aliphatic heterocycles. The molecule has 0 bridgehead atoms. The molecule has 0 aromatic carbocycles. The fourth-order valence-electron chi connectivity index (χ4n) is 7.39. The van der Waals surface area contributed by atoms with Crippen molar-refractivity contribution >= 4 is 11.9 Å². The van der Waals surface area contributed by atoms with Crippen LogP contribution in [0.3, 0.4) is 0 Å². The van der Waals surface area contributed by atoms with Crippen molar-refractivity contribution in [1.29, 1.82) is 0 Å². The lowest BCUT2D eigenvalue weighted by atomic mass is 9.39. The molecule has 1 aromatic rings. The number of hydrogen-bond donors (Lipinski definition) is 1. The summed E-state index contributed by atoms with van der Waals surface area (Å²) < 4.78 is 16.9. The number of hydrogen-bond acceptors (Lipinski definition) is 6. The molecule has 0 saturated heterocycles. The molecular weight excluding hydrogens is 384 g/mol. The van der Waals surface area contributed by atoms with Crippen LogP contribution in [0.2, 0.25) is 0 Å². The SMILES string of the molecule is COC(=O)[C@]1(C)c2ccoc2C[C@H]2[C@H]1CC[C@@]1(O)C(C)(C)CC[C@H](OC(C)=O)[C@]21C. The molecule has 3 aliphatic rings. The molecule has 2 fully saturated rings. The lowest BCUT2D eigenvalue weighted by Gasteiger charge is -2.68. The van der Waals surface area contributed by atoms with Gasteiger partial charge in [-0.2, -0.15) is 0 Å². The van der Waals surface area contributed by atoms with Crippen LogP contribution in [0, 0.1) is 22.7 Å². The molecule has 2 saturated carbocycles. The van der Waals surface area contributed by atoms with E-state index in [0.717, 1.165) is 17.7 Å². The maximum atomic E-state index is 13.1. The van der Waals surface area contributed by atoms with Gasteiger partial charge in [0.1, 0.15) is 11.9 Å². The number of carbonyl (C=O) groups is 2. The van der Waals surface area contributed by atoms with E-state index in [2.05, 4.69) is 20.8 Å². The number of ether oxygens (including phenoxy) is 2. The van der Waals surface area contributed by atoms with Gasteiger partial charge in [-0.15, -0.1) is 0 Å². The third kappa shape index (κ3) is 2.46. The van der Waals surface area contributed by atoms with E-state index in [4.69, 9.17) is 13.9 Å². The van der Waals surface area contributed by atoms with Gasteiger partial charge in [-0.3, -0.25) is 9.59 Å². The molecule has 6 atom stereocenters. The summed E-state index contributed by atoms with van der Waals surface area (Å²) in [6, 6.07) is 1.87. The first-order chi connectivity index (χ1) is 13.9. The van der Waals surface area contributed by atoms with Crippen LogP contribution in [0.4, 0.5) is 0 Å². The van der Waals surface area contributed by atoms with Gasteiger partial charge in [0, 0.05) is 24.3 Å². The van der Waals surface area contributed by atoms with E-state index < -0.39 is 22.5 Å². The zero-order chi connectivity index (χ0) is 22.1. The second-order valence-corrected chi connectivity index (χ2v) is 10.6. The Morgan fingerprint density at radius 2 is 1.83 bits per heavy atom. The molecule has 0 amide bonds. The molecule has 30 heavy (non-hydrogen) atoms. The van der Waals surface area contributed by atoms with E-state index in [0.29, 0.717) is 25.7 Å². The van der Waals surface area contributed by atoms with Gasteiger partial charge in [-0.1, -0.05) is 20.8 Å². The van der Waals surface area contributed by atoms with Crippen LogP contribution in [0.1, 0.15) is 71.6 Å². The van der Waals surface area contributed by atoms with Gasteiger partial charge in [-0.05, 0) is 55.9 Å². The number of aliphatic hydroxyl groups is 1. The van der Waals surface area contributed by atoms with Crippen molar-refractivity contribution < 1.29 is 28.6 Å². The number of methoxy groups -OCH3 is 1. The zero-order valence-electron chi connectivity index (χ0n) is 18.9. The van der Waals surface area contributed by atoms with Crippen molar-refractivity contribution in [3.05, 3.63) is 23.7 Å². The standard InChI is InChI=1S/C24H34O6/c1-14(25)30-19-8-10-21(2,3)24(27)11-7-15-17(23(19,24)5)13-18-16(9-12-29-18)22(15,4)20(26)28-6/h9,12,15,17,19,27H,7-8,10-11,13H2,1-6H3/t15-,17+,19+,22+,23+,24-/m1/s1. The van der Waals surface area contributed by atoms with Crippen LogP contribution >= 0.6 is 0 Å². The molecule has 6 heteroatoms. The molecular formula is C24H34O6. The Morgan fingerprint density at radius 3 is 2.47 bits per heavy atom. The quantitative estimate of drug-likeness (QED) is 0.736. The summed E-state index contributed by atoms with van der Waals surface area (Å²) >= 11 is 0. The van der Waals surface area contributed by atoms with Crippen LogP contribution < -0.4 is 0 Å². The highest BCUT2D eigenvalue weighted by atomic mass is 16.5. The Kier molecular flexibility index (Phi) is 4.70. The average molecular weight is 419 g/mol. The first kappa shape index (κ1) is 21.4. The highest BCUT2D eigenvalue weighted by Gasteiger charge is 2.72. The third-order valence-electron chi connectivity index (χ3n) is 9.15. The minimum absolute atomic E-state index is 0.0488. The summed E-state index contributed by atoms with van der Waals surface area (Å²) in [5.74, 6) is -0.00147. The molecule has 0 unspecified atom stereocenters. The summed E-state index contributed by atoms with van der Waals surface area (Å²) in [4.78, 5) is 25.1. The first-order valence-corrected chi connectivity index (χ1v) is 11.0. The second-order valence-electron chi connectivity index (χ2n) is 10.6. The average Bonchev–Trinajstić information content (AvgIpc) is 3.16. The molecule has 166 valence electrons. The number of carbonyl (C=O) groups excluding carboxylic acids is 2. The number of furan rings is 1. The molecule has 0 radical (unpaired) electrons. The number of rotatable bonds is 2. The highest BCUT2D eigenvalue weighted by Crippen LogP contribution is 2.68. The van der Waals surface area contributed by atoms with E-state index in [1.165, 1.54) is 14.0 Å². The van der Waals surface area contributed by atoms with Crippen LogP contribution in [-0.2, 0) is 30.9 Å². The van der Waals surface area contributed by atoms with Crippen molar-refractivity contribution in [2.45, 2.75) is 83.8 Å². The third-order valence-corrected chi connectivity index (χ3v) is 9.15. The number of esters is 2. The fourth-order valence-corrected chi connectivity index (χ4v) is 7.39. The Bertz CT molecular complexity index is 871. The monoisotopic (exact) mass is 418 g/mol. The van der Waals surface area contributed by atoms with E-state index in [-0.39, 0.29) is 29.2 Å². The van der Waals surface area contributed by atoms with E-state index >= 15 is 0 Å². The lowest BCUT2D eigenvalue weighted by Crippen LogP contribution is -2.73. The maximum Gasteiger partial charge on any atom is 0.316 e. The van der Waals surface area contributed by atoms with E-state index in [9.17, 15) is 14.7 Å². The largest absolute Gasteiger partial charge is 0.469 e. The van der Waals surface area contributed by atoms with Gasteiger partial charge in [0.15, 0.2) is 0 Å². The second kappa shape index (κ2) is 6.59. The highest BCUT2D eigenvalue weighted by molar-refractivity contribution is 5.84. The Balaban J connectivity index is 1.91. The minimum Gasteiger partial charge on any atom is -0.469 e. The predicted octanol–water partition coefficient (Wildman–Crippen LogP) is 3.78. The molecule has 1 N–H and O–H groups in total. The van der Waals surface area contributed by atoms with E-state index in [1.807, 2.05) is 13.0 Å². The Hall–Kier alpha value is -1.82. The smallest absolute Gasteiger partial charge is 0.316 e. The summed E-state index contributed by atoms with van der Waals surface area (Å²) in [6.45, 7) is 9.63. The summed E-state index contributed by atoms with van der Waals surface area (Å²) in [5.41, 5.74) is -2.07. The van der Waals surface area contributed by atoms with Crippen molar-refractivity contribution in [1.82, 2.24) is 0 Å². The first-order valence-electron chi connectivity index (χ1n) is 11.0. The molecule has 6 nitrogen and oxygen atoms in total. The van der Waals surface area contributed by atoms with Crippen LogP contribution in [0.15, 0.2) is 16.7 Å². The molecule has 1 heterocycles. The van der Waals surface area contributed by atoms with Crippen molar-refractivity contribution in [2.24, 2.45) is 22.7 Å². The minimum atomic E-state index is -1.03. The zero-order valence-corrected chi connectivity index (χ0v) is 18.9. The Morgan fingerprint density at radius 1 is 1.13 bits per heavy atom. The van der Waals surface area contributed by atoms with Crippen LogP contribution in [-0.4, -0.2) is 35.9 Å². The van der Waals surface area contributed by atoms with Gasteiger partial charge < -0.3 is 19.0 Å². The van der Waals surface area contributed by atoms with Crippen molar-refractivity contribution in [2.75, 3.05) is 7.11 Å². The molecule has 3 aliphatic carbocycles. The van der Waals surface area contributed by atoms with Gasteiger partial charge in [0.05, 0.1) is 24.4 Å². The van der Waals surface area contributed by atoms with Gasteiger partial charge >= 0.3 is 11.9 Å². The predicted molar refractivity (Wildman–Crippen MR) is 110 cm³/mol. The van der Waals surface area contributed by atoms with Crippen molar-refractivity contribution in [3.63, 3.8) is 0 Å². The van der Waals surface area contributed by atoms with Gasteiger partial charge in [0.2, 0.25) is 0 Å². The molecule has 1 aromatic heterocycles. The number of fused-ring (bicyclic) bond motifs is 4. The normalized spacial score (nSPS) is 41.8. The maximum absolute atomic E-state index is 13.1.